The molecule has 4 rings (SSSR count). The maximum absolute atomic E-state index is 12.4. The van der Waals surface area contributed by atoms with Gasteiger partial charge in [-0.2, -0.15) is 0 Å². The van der Waals surface area contributed by atoms with Gasteiger partial charge in [0.25, 0.3) is 0 Å². The highest BCUT2D eigenvalue weighted by atomic mass is 16.6. The summed E-state index contributed by atoms with van der Waals surface area (Å²) in [4.78, 5) is 47.1. The van der Waals surface area contributed by atoms with E-state index in [0.29, 0.717) is 0 Å². The predicted octanol–water partition coefficient (Wildman–Crippen LogP) is 2.58. The van der Waals surface area contributed by atoms with Crippen LogP contribution in [0.3, 0.4) is 0 Å². The average Bonchev–Trinajstić information content (AvgIpc) is 2.86. The van der Waals surface area contributed by atoms with Crippen molar-refractivity contribution < 1.29 is 42.8 Å². The lowest BCUT2D eigenvalue weighted by Crippen LogP contribution is -2.25. The lowest BCUT2D eigenvalue weighted by atomic mass is 10.1. The lowest BCUT2D eigenvalue weighted by Gasteiger charge is -2.18. The molecule has 0 aliphatic carbocycles. The van der Waals surface area contributed by atoms with Gasteiger partial charge in [0.2, 0.25) is 11.5 Å². The second-order valence-electron chi connectivity index (χ2n) is 7.03. The molecule has 3 heterocycles. The first-order valence-corrected chi connectivity index (χ1v) is 9.73. The van der Waals surface area contributed by atoms with Crippen LogP contribution in [0.1, 0.15) is 32.4 Å². The van der Waals surface area contributed by atoms with Gasteiger partial charge in [0, 0.05) is 18.2 Å². The van der Waals surface area contributed by atoms with Crippen molar-refractivity contribution in [1.29, 1.82) is 0 Å². The van der Waals surface area contributed by atoms with Gasteiger partial charge in [-0.1, -0.05) is 12.6 Å². The minimum absolute atomic E-state index is 0.0385. The summed E-state index contributed by atoms with van der Waals surface area (Å²) in [5.74, 6) is -3.85. The van der Waals surface area contributed by atoms with Gasteiger partial charge in [-0.05, 0) is 12.1 Å². The van der Waals surface area contributed by atoms with Crippen LogP contribution in [0, 0.1) is 0 Å². The third-order valence-corrected chi connectivity index (χ3v) is 4.75. The molecule has 0 spiro atoms. The van der Waals surface area contributed by atoms with Crippen molar-refractivity contribution in [3.8, 4) is 5.75 Å². The molecular formula is C23H16O11. The van der Waals surface area contributed by atoms with Gasteiger partial charge < -0.3 is 33.3 Å². The van der Waals surface area contributed by atoms with Crippen LogP contribution in [0.5, 0.6) is 5.75 Å². The molecule has 0 saturated carbocycles. The van der Waals surface area contributed by atoms with Gasteiger partial charge in [0.05, 0.1) is 6.26 Å². The van der Waals surface area contributed by atoms with E-state index in [1.165, 1.54) is 30.5 Å². The Morgan fingerprint density at radius 1 is 1.06 bits per heavy atom. The van der Waals surface area contributed by atoms with E-state index >= 15 is 0 Å². The van der Waals surface area contributed by atoms with Crippen LogP contribution in [-0.2, 0) is 9.47 Å². The van der Waals surface area contributed by atoms with Crippen molar-refractivity contribution in [2.24, 2.45) is 0 Å². The normalized spacial score (nSPS) is 16.2. The molecule has 2 N–H and O–H groups in total. The summed E-state index contributed by atoms with van der Waals surface area (Å²) >= 11 is 0. The van der Waals surface area contributed by atoms with Gasteiger partial charge >= 0.3 is 11.9 Å². The Balaban J connectivity index is 1.57. The highest BCUT2D eigenvalue weighted by molar-refractivity contribution is 5.89. The van der Waals surface area contributed by atoms with Crippen LogP contribution < -0.4 is 15.6 Å². The van der Waals surface area contributed by atoms with Crippen LogP contribution in [0.2, 0.25) is 0 Å². The molecule has 1 aliphatic heterocycles. The molecule has 0 radical (unpaired) electrons. The van der Waals surface area contributed by atoms with E-state index in [1.807, 2.05) is 0 Å². The van der Waals surface area contributed by atoms with Gasteiger partial charge in [0.1, 0.15) is 47.0 Å². The summed E-state index contributed by atoms with van der Waals surface area (Å²) in [7, 11) is 0. The Morgan fingerprint density at radius 3 is 2.50 bits per heavy atom. The molecule has 11 heteroatoms. The summed E-state index contributed by atoms with van der Waals surface area (Å²) in [5.41, 5.74) is -1.25. The van der Waals surface area contributed by atoms with Gasteiger partial charge in [-0.15, -0.1) is 0 Å². The first kappa shape index (κ1) is 22.4. The molecule has 0 bridgehead atoms. The Hall–Kier alpha value is -4.80. The third-order valence-electron chi connectivity index (χ3n) is 4.75. The van der Waals surface area contributed by atoms with E-state index in [1.54, 1.807) is 0 Å². The molecule has 2 aromatic heterocycles. The minimum atomic E-state index is -1.41. The molecule has 0 saturated heterocycles. The van der Waals surface area contributed by atoms with Gasteiger partial charge in [0.15, 0.2) is 17.0 Å². The molecular weight excluding hydrogens is 452 g/mol. The number of carbonyl (C=O) groups is 2. The fraction of sp³-hybridized carbons (Fsp3) is 0.130. The predicted molar refractivity (Wildman–Crippen MR) is 116 cm³/mol. The Labute approximate surface area is 189 Å². The maximum atomic E-state index is 12.4. The molecule has 3 aromatic rings. The zero-order chi connectivity index (χ0) is 24.4. The largest absolute Gasteiger partial charge is 0.491 e. The topological polar surface area (TPSA) is 163 Å². The maximum Gasteiger partial charge on any atom is 0.371 e. The fourth-order valence-corrected chi connectivity index (χ4v) is 3.20. The molecule has 1 unspecified atom stereocenters. The second kappa shape index (κ2) is 8.98. The molecule has 34 heavy (non-hydrogen) atoms. The summed E-state index contributed by atoms with van der Waals surface area (Å²) < 4.78 is 27.3. The van der Waals surface area contributed by atoms with E-state index in [9.17, 15) is 19.2 Å². The van der Waals surface area contributed by atoms with Crippen LogP contribution in [0.15, 0.2) is 61.6 Å². The van der Waals surface area contributed by atoms with Crippen LogP contribution in [0.4, 0.5) is 0 Å². The molecule has 1 aromatic carbocycles. The first-order valence-electron chi connectivity index (χ1n) is 9.73. The van der Waals surface area contributed by atoms with Crippen molar-refractivity contribution in [1.82, 2.24) is 0 Å². The number of aromatic carboxylic acids is 2. The minimum Gasteiger partial charge on any atom is -0.491 e. The molecule has 1 aliphatic rings. The molecule has 174 valence electrons. The summed E-state index contributed by atoms with van der Waals surface area (Å²) in [5, 5.41) is 18.2. The SMILES string of the molecule is C=C1OCC(COc2cccc3oc(C(=O)O)cc(=O)c23)O/C=C\c2oc(C(=O)O)cc(=O)c21. The summed E-state index contributed by atoms with van der Waals surface area (Å²) in [6.07, 6.45) is 1.72. The lowest BCUT2D eigenvalue weighted by molar-refractivity contribution is 0.0416. The summed E-state index contributed by atoms with van der Waals surface area (Å²) in [6.45, 7) is 3.48. The van der Waals surface area contributed by atoms with Crippen molar-refractivity contribution in [2.75, 3.05) is 13.2 Å². The number of hydrogen-bond acceptors (Lipinski definition) is 9. The zero-order valence-electron chi connectivity index (χ0n) is 17.3. The van der Waals surface area contributed by atoms with E-state index in [2.05, 4.69) is 6.58 Å². The number of ether oxygens (including phenoxy) is 3. The molecule has 0 amide bonds. The number of carboxylic acid groups (broad SMARTS) is 2. The van der Waals surface area contributed by atoms with Crippen molar-refractivity contribution in [2.45, 2.75) is 6.10 Å². The third kappa shape index (κ3) is 4.39. The van der Waals surface area contributed by atoms with Crippen molar-refractivity contribution in [3.63, 3.8) is 0 Å². The molecule has 0 fully saturated rings. The Kier molecular flexibility index (Phi) is 5.92. The second-order valence-corrected chi connectivity index (χ2v) is 7.03. The van der Waals surface area contributed by atoms with Crippen molar-refractivity contribution in [3.05, 3.63) is 86.5 Å². The number of rotatable bonds is 5. The van der Waals surface area contributed by atoms with Crippen molar-refractivity contribution >= 4 is 34.7 Å². The fourth-order valence-electron chi connectivity index (χ4n) is 3.20. The average molecular weight is 468 g/mol. The number of fused-ring (bicyclic) bond motifs is 2. The monoisotopic (exact) mass is 468 g/mol. The summed E-state index contributed by atoms with van der Waals surface area (Å²) in [6, 6.07) is 6.16. The van der Waals surface area contributed by atoms with E-state index in [-0.39, 0.29) is 47.0 Å². The van der Waals surface area contributed by atoms with E-state index < -0.39 is 40.4 Å². The highest BCUT2D eigenvalue weighted by Crippen LogP contribution is 2.25. The van der Waals surface area contributed by atoms with Gasteiger partial charge in [-0.3, -0.25) is 9.59 Å². The first-order chi connectivity index (χ1) is 16.2. The van der Waals surface area contributed by atoms with Crippen LogP contribution in [0.25, 0.3) is 22.8 Å². The number of benzene rings is 1. The quantitative estimate of drug-likeness (QED) is 0.566. The standard InChI is InChI=1S/C23H16O11/c1-11-20-13(24)7-18(22(26)27)34-17(20)5-6-30-12(9-31-11)10-32-15-3-2-4-16-21(15)14(25)8-19(33-16)23(28)29/h2-8,12H,1,9-10H2,(H,26,27)(H,28,29)/b6-5-. The highest BCUT2D eigenvalue weighted by Gasteiger charge is 2.22. The zero-order valence-corrected chi connectivity index (χ0v) is 17.3. The van der Waals surface area contributed by atoms with Gasteiger partial charge in [-0.25, -0.2) is 9.59 Å². The molecule has 11 nitrogen and oxygen atoms in total. The molecule has 1 atom stereocenters. The number of hydrogen-bond donors (Lipinski definition) is 2. The van der Waals surface area contributed by atoms with Crippen LogP contribution in [-0.4, -0.2) is 41.5 Å². The van der Waals surface area contributed by atoms with E-state index in [4.69, 9.17) is 33.3 Å². The smallest absolute Gasteiger partial charge is 0.371 e. The Morgan fingerprint density at radius 2 is 1.76 bits per heavy atom. The van der Waals surface area contributed by atoms with Crippen LogP contribution >= 0.6 is 0 Å². The Bertz CT molecular complexity index is 1460. The van der Waals surface area contributed by atoms with E-state index in [0.717, 1.165) is 12.1 Å². The number of carboxylic acids is 2.